The van der Waals surface area contributed by atoms with Crippen molar-refractivity contribution in [2.45, 2.75) is 25.8 Å². The number of aryl methyl sites for hydroxylation is 2. The molecule has 5 heteroatoms. The molecule has 0 fully saturated rings. The third-order valence-corrected chi connectivity index (χ3v) is 3.65. The minimum atomic E-state index is 0.198. The summed E-state index contributed by atoms with van der Waals surface area (Å²) >= 11 is 3.49. The largest absolute Gasteiger partial charge is 0.272 e. The molecule has 1 unspecified atom stereocenters. The van der Waals surface area contributed by atoms with Crippen molar-refractivity contribution < 1.29 is 0 Å². The van der Waals surface area contributed by atoms with Crippen LogP contribution in [-0.2, 0) is 19.9 Å². The summed E-state index contributed by atoms with van der Waals surface area (Å²) in [6.45, 7) is 2.00. The molecular formula is C14H19BrN4. The van der Waals surface area contributed by atoms with E-state index in [2.05, 4.69) is 44.7 Å². The minimum Gasteiger partial charge on any atom is -0.272 e. The Morgan fingerprint density at radius 1 is 1.37 bits per heavy atom. The Hall–Kier alpha value is -1.17. The number of rotatable bonds is 5. The van der Waals surface area contributed by atoms with Gasteiger partial charge in [0.1, 0.15) is 0 Å². The molecule has 2 rings (SSSR count). The highest BCUT2D eigenvalue weighted by atomic mass is 79.9. The van der Waals surface area contributed by atoms with Crippen LogP contribution >= 0.6 is 15.9 Å². The molecule has 0 aliphatic carbocycles. The van der Waals surface area contributed by atoms with Gasteiger partial charge in [-0.1, -0.05) is 28.1 Å². The highest BCUT2D eigenvalue weighted by Crippen LogP contribution is 2.14. The number of hydrogen-bond acceptors (Lipinski definition) is 3. The van der Waals surface area contributed by atoms with Crippen LogP contribution in [0.4, 0.5) is 0 Å². The van der Waals surface area contributed by atoms with E-state index in [4.69, 9.17) is 5.84 Å². The maximum atomic E-state index is 5.67. The van der Waals surface area contributed by atoms with Crippen LogP contribution in [0.2, 0.25) is 0 Å². The number of nitrogens with zero attached hydrogens (tertiary/aromatic N) is 2. The summed E-state index contributed by atoms with van der Waals surface area (Å²) in [5, 5.41) is 4.36. The van der Waals surface area contributed by atoms with E-state index < -0.39 is 0 Å². The Bertz CT molecular complexity index is 550. The van der Waals surface area contributed by atoms with Crippen LogP contribution in [0.15, 0.2) is 34.8 Å². The van der Waals surface area contributed by atoms with Gasteiger partial charge in [0.05, 0.1) is 5.69 Å². The summed E-state index contributed by atoms with van der Waals surface area (Å²) in [5.74, 6) is 5.67. The molecule has 0 radical (unpaired) electrons. The van der Waals surface area contributed by atoms with Crippen molar-refractivity contribution in [3.63, 3.8) is 0 Å². The Kier molecular flexibility index (Phi) is 4.74. The van der Waals surface area contributed by atoms with E-state index in [-0.39, 0.29) is 6.04 Å². The second kappa shape index (κ2) is 6.32. The van der Waals surface area contributed by atoms with E-state index in [1.807, 2.05) is 30.8 Å². The quantitative estimate of drug-likeness (QED) is 0.654. The van der Waals surface area contributed by atoms with E-state index >= 15 is 0 Å². The monoisotopic (exact) mass is 322 g/mol. The maximum absolute atomic E-state index is 5.67. The number of hydrazine groups is 1. The number of nitrogens with one attached hydrogen (secondary N) is 1. The molecule has 1 aromatic carbocycles. The Morgan fingerprint density at radius 3 is 2.74 bits per heavy atom. The van der Waals surface area contributed by atoms with Crippen molar-refractivity contribution in [1.82, 2.24) is 15.2 Å². The number of nitrogens with two attached hydrogens (primary N) is 1. The van der Waals surface area contributed by atoms with Crippen LogP contribution in [0.25, 0.3) is 0 Å². The SMILES string of the molecule is Cc1cc(CC(Cc2cccc(Br)c2)NN)n(C)n1. The van der Waals surface area contributed by atoms with E-state index in [0.717, 1.165) is 23.0 Å². The molecule has 19 heavy (non-hydrogen) atoms. The highest BCUT2D eigenvalue weighted by molar-refractivity contribution is 9.10. The molecule has 0 bridgehead atoms. The fourth-order valence-corrected chi connectivity index (χ4v) is 2.69. The average Bonchev–Trinajstić information content (AvgIpc) is 2.67. The summed E-state index contributed by atoms with van der Waals surface area (Å²) < 4.78 is 3.01. The lowest BCUT2D eigenvalue weighted by atomic mass is 10.0. The molecule has 1 heterocycles. The third kappa shape index (κ3) is 3.89. The van der Waals surface area contributed by atoms with Gasteiger partial charge in [0, 0.05) is 29.7 Å². The predicted molar refractivity (Wildman–Crippen MR) is 80.6 cm³/mol. The fraction of sp³-hybridized carbons (Fsp3) is 0.357. The van der Waals surface area contributed by atoms with Gasteiger partial charge in [-0.05, 0) is 37.1 Å². The smallest absolute Gasteiger partial charge is 0.0596 e. The Labute approximate surface area is 122 Å². The molecule has 0 spiro atoms. The van der Waals surface area contributed by atoms with E-state index in [1.165, 1.54) is 11.3 Å². The van der Waals surface area contributed by atoms with Crippen molar-refractivity contribution >= 4 is 15.9 Å². The molecule has 2 aromatic rings. The second-order valence-electron chi connectivity index (χ2n) is 4.80. The van der Waals surface area contributed by atoms with Gasteiger partial charge in [0.15, 0.2) is 0 Å². The summed E-state index contributed by atoms with van der Waals surface area (Å²) in [6.07, 6.45) is 1.75. The molecule has 1 atom stereocenters. The zero-order valence-corrected chi connectivity index (χ0v) is 12.8. The number of hydrogen-bond donors (Lipinski definition) is 2. The molecule has 4 nitrogen and oxygen atoms in total. The molecule has 0 aliphatic rings. The lowest BCUT2D eigenvalue weighted by Gasteiger charge is -2.16. The topological polar surface area (TPSA) is 55.9 Å². The van der Waals surface area contributed by atoms with E-state index in [9.17, 15) is 0 Å². The fourth-order valence-electron chi connectivity index (χ4n) is 2.25. The number of benzene rings is 1. The normalized spacial score (nSPS) is 12.6. The summed E-state index contributed by atoms with van der Waals surface area (Å²) in [7, 11) is 1.97. The summed E-state index contributed by atoms with van der Waals surface area (Å²) in [6, 6.07) is 10.6. The predicted octanol–water partition coefficient (Wildman–Crippen LogP) is 2.11. The molecule has 0 amide bonds. The molecule has 0 saturated heterocycles. The van der Waals surface area contributed by atoms with Crippen molar-refractivity contribution in [3.8, 4) is 0 Å². The van der Waals surface area contributed by atoms with E-state index in [0.29, 0.717) is 0 Å². The van der Waals surface area contributed by atoms with Crippen LogP contribution in [0.5, 0.6) is 0 Å². The number of aromatic nitrogens is 2. The molecule has 0 aliphatic heterocycles. The molecule has 1 aromatic heterocycles. The maximum Gasteiger partial charge on any atom is 0.0596 e. The second-order valence-corrected chi connectivity index (χ2v) is 5.72. The lowest BCUT2D eigenvalue weighted by molar-refractivity contribution is 0.505. The van der Waals surface area contributed by atoms with Gasteiger partial charge in [-0.15, -0.1) is 0 Å². The van der Waals surface area contributed by atoms with Crippen LogP contribution < -0.4 is 11.3 Å². The van der Waals surface area contributed by atoms with Crippen LogP contribution in [0.3, 0.4) is 0 Å². The lowest BCUT2D eigenvalue weighted by Crippen LogP contribution is -2.38. The first-order valence-electron chi connectivity index (χ1n) is 6.28. The summed E-state index contributed by atoms with van der Waals surface area (Å²) in [4.78, 5) is 0. The average molecular weight is 323 g/mol. The van der Waals surface area contributed by atoms with Crippen molar-refractivity contribution in [1.29, 1.82) is 0 Å². The molecule has 3 N–H and O–H groups in total. The number of halogens is 1. The molecule has 102 valence electrons. The van der Waals surface area contributed by atoms with Gasteiger partial charge in [-0.3, -0.25) is 16.0 Å². The van der Waals surface area contributed by atoms with Crippen LogP contribution in [0, 0.1) is 6.92 Å². The minimum absolute atomic E-state index is 0.198. The molecular weight excluding hydrogens is 304 g/mol. The van der Waals surface area contributed by atoms with E-state index in [1.54, 1.807) is 0 Å². The third-order valence-electron chi connectivity index (χ3n) is 3.16. The Balaban J connectivity index is 2.06. The first kappa shape index (κ1) is 14.2. The van der Waals surface area contributed by atoms with Gasteiger partial charge in [-0.25, -0.2) is 0 Å². The van der Waals surface area contributed by atoms with Gasteiger partial charge in [0.2, 0.25) is 0 Å². The van der Waals surface area contributed by atoms with Crippen molar-refractivity contribution in [2.75, 3.05) is 0 Å². The zero-order valence-electron chi connectivity index (χ0n) is 11.2. The standard InChI is InChI=1S/C14H19BrN4/c1-10-6-14(19(2)18-10)9-13(17-16)8-11-4-3-5-12(15)7-11/h3-7,13,17H,8-9,16H2,1-2H3. The van der Waals surface area contributed by atoms with Gasteiger partial charge < -0.3 is 0 Å². The van der Waals surface area contributed by atoms with Gasteiger partial charge >= 0.3 is 0 Å². The van der Waals surface area contributed by atoms with Crippen molar-refractivity contribution in [3.05, 3.63) is 51.8 Å². The van der Waals surface area contributed by atoms with Crippen LogP contribution in [-0.4, -0.2) is 15.8 Å². The first-order chi connectivity index (χ1) is 9.08. The highest BCUT2D eigenvalue weighted by Gasteiger charge is 2.12. The first-order valence-corrected chi connectivity index (χ1v) is 7.08. The summed E-state index contributed by atoms with van der Waals surface area (Å²) in [5.41, 5.74) is 6.39. The zero-order chi connectivity index (χ0) is 13.8. The van der Waals surface area contributed by atoms with Crippen LogP contribution in [0.1, 0.15) is 17.0 Å². The Morgan fingerprint density at radius 2 is 2.16 bits per heavy atom. The van der Waals surface area contributed by atoms with Crippen molar-refractivity contribution in [2.24, 2.45) is 12.9 Å². The van der Waals surface area contributed by atoms with Gasteiger partial charge in [-0.2, -0.15) is 5.10 Å². The van der Waals surface area contributed by atoms with Gasteiger partial charge in [0.25, 0.3) is 0 Å². The molecule has 0 saturated carbocycles.